The summed E-state index contributed by atoms with van der Waals surface area (Å²) in [5.74, 6) is 1.13. The van der Waals surface area contributed by atoms with Crippen molar-refractivity contribution in [1.29, 1.82) is 0 Å². The van der Waals surface area contributed by atoms with E-state index in [2.05, 4.69) is 45.9 Å². The largest absolute Gasteiger partial charge is 0.367 e. The summed E-state index contributed by atoms with van der Waals surface area (Å²) in [5.41, 5.74) is 4.30. The summed E-state index contributed by atoms with van der Waals surface area (Å²) in [6.07, 6.45) is 8.48. The standard InChI is InChI=1S/C18H22N4/c1-13-7-5-11-16-21-17(15-10-6-12-19-15)18(22(13)16)20-14-8-3-2-4-9-14/h5-7,10-12,14,19-20H,2-4,8-9H2,1H3. The van der Waals surface area contributed by atoms with Crippen LogP contribution in [0, 0.1) is 6.92 Å². The maximum atomic E-state index is 4.85. The van der Waals surface area contributed by atoms with Crippen molar-refractivity contribution in [1.82, 2.24) is 14.4 Å². The molecule has 0 bridgehead atoms. The van der Waals surface area contributed by atoms with Crippen LogP contribution in [0.25, 0.3) is 17.0 Å². The number of nitrogens with zero attached hydrogens (tertiary/aromatic N) is 2. The summed E-state index contributed by atoms with van der Waals surface area (Å²) in [4.78, 5) is 8.15. The van der Waals surface area contributed by atoms with Crippen LogP contribution in [0.4, 0.5) is 5.82 Å². The van der Waals surface area contributed by atoms with Gasteiger partial charge in [0.05, 0.1) is 5.69 Å². The maximum Gasteiger partial charge on any atom is 0.140 e. The van der Waals surface area contributed by atoms with E-state index in [1.807, 2.05) is 12.3 Å². The average molecular weight is 294 g/mol. The third-order valence-electron chi connectivity index (χ3n) is 4.64. The average Bonchev–Trinajstić information content (AvgIpc) is 3.17. The lowest BCUT2D eigenvalue weighted by Crippen LogP contribution is -2.23. The number of aromatic amines is 1. The van der Waals surface area contributed by atoms with Crippen molar-refractivity contribution < 1.29 is 0 Å². The van der Waals surface area contributed by atoms with Crippen molar-refractivity contribution in [2.75, 3.05) is 5.32 Å². The molecule has 1 aliphatic rings. The highest BCUT2D eigenvalue weighted by atomic mass is 15.2. The van der Waals surface area contributed by atoms with Crippen LogP contribution in [0.1, 0.15) is 37.8 Å². The van der Waals surface area contributed by atoms with E-state index in [1.54, 1.807) is 0 Å². The van der Waals surface area contributed by atoms with Gasteiger partial charge in [0.1, 0.15) is 17.2 Å². The van der Waals surface area contributed by atoms with Gasteiger partial charge in [-0.25, -0.2) is 4.98 Å². The fourth-order valence-electron chi connectivity index (χ4n) is 3.49. The molecule has 4 nitrogen and oxygen atoms in total. The number of rotatable bonds is 3. The summed E-state index contributed by atoms with van der Waals surface area (Å²) in [6, 6.07) is 11.0. The van der Waals surface area contributed by atoms with Gasteiger partial charge in [0, 0.05) is 17.9 Å². The van der Waals surface area contributed by atoms with E-state index >= 15 is 0 Å². The number of nitrogens with one attached hydrogen (secondary N) is 2. The highest BCUT2D eigenvalue weighted by Gasteiger charge is 2.20. The molecule has 0 aromatic carbocycles. The van der Waals surface area contributed by atoms with E-state index in [0.29, 0.717) is 6.04 Å². The molecule has 0 atom stereocenters. The summed E-state index contributed by atoms with van der Waals surface area (Å²) in [6.45, 7) is 2.14. The first kappa shape index (κ1) is 13.4. The molecule has 0 spiro atoms. The summed E-state index contributed by atoms with van der Waals surface area (Å²) < 4.78 is 2.24. The topological polar surface area (TPSA) is 45.1 Å². The number of pyridine rings is 1. The Morgan fingerprint density at radius 3 is 2.77 bits per heavy atom. The summed E-state index contributed by atoms with van der Waals surface area (Å²) in [5, 5.41) is 3.78. The second-order valence-electron chi connectivity index (χ2n) is 6.23. The van der Waals surface area contributed by atoms with Gasteiger partial charge in [-0.2, -0.15) is 0 Å². The van der Waals surface area contributed by atoms with Gasteiger partial charge in [-0.05, 0) is 44.0 Å². The molecule has 0 saturated heterocycles. The number of hydrogen-bond donors (Lipinski definition) is 2. The van der Waals surface area contributed by atoms with Crippen LogP contribution in [-0.4, -0.2) is 20.4 Å². The molecule has 4 heteroatoms. The predicted octanol–water partition coefficient (Wildman–Crippen LogP) is 4.38. The number of fused-ring (bicyclic) bond motifs is 1. The third kappa shape index (κ3) is 2.28. The number of imidazole rings is 1. The maximum absolute atomic E-state index is 4.85. The third-order valence-corrected chi connectivity index (χ3v) is 4.64. The van der Waals surface area contributed by atoms with E-state index in [1.165, 1.54) is 37.8 Å². The number of aromatic nitrogens is 3. The Bertz CT molecular complexity index is 764. The van der Waals surface area contributed by atoms with Gasteiger partial charge in [0.2, 0.25) is 0 Å². The van der Waals surface area contributed by atoms with Crippen molar-refractivity contribution in [3.05, 3.63) is 42.2 Å². The Balaban J connectivity index is 1.83. The lowest BCUT2D eigenvalue weighted by atomic mass is 9.95. The van der Waals surface area contributed by atoms with Crippen LogP contribution in [0.5, 0.6) is 0 Å². The molecule has 0 aliphatic heterocycles. The van der Waals surface area contributed by atoms with Crippen LogP contribution in [0.2, 0.25) is 0 Å². The molecule has 1 fully saturated rings. The first-order valence-corrected chi connectivity index (χ1v) is 8.21. The Hall–Kier alpha value is -2.23. The van der Waals surface area contributed by atoms with Gasteiger partial charge in [0.15, 0.2) is 0 Å². The Morgan fingerprint density at radius 1 is 1.14 bits per heavy atom. The molecule has 2 N–H and O–H groups in total. The van der Waals surface area contributed by atoms with Gasteiger partial charge in [-0.1, -0.05) is 25.3 Å². The molecule has 1 aliphatic carbocycles. The highest BCUT2D eigenvalue weighted by Crippen LogP contribution is 2.31. The molecular formula is C18H22N4. The molecular weight excluding hydrogens is 272 g/mol. The van der Waals surface area contributed by atoms with Crippen LogP contribution in [-0.2, 0) is 0 Å². The van der Waals surface area contributed by atoms with Crippen molar-refractivity contribution >= 4 is 11.5 Å². The molecule has 3 aromatic rings. The van der Waals surface area contributed by atoms with Crippen molar-refractivity contribution in [3.63, 3.8) is 0 Å². The van der Waals surface area contributed by atoms with Crippen LogP contribution < -0.4 is 5.32 Å². The monoisotopic (exact) mass is 294 g/mol. The van der Waals surface area contributed by atoms with E-state index in [-0.39, 0.29) is 0 Å². The molecule has 3 heterocycles. The molecule has 114 valence electrons. The van der Waals surface area contributed by atoms with Gasteiger partial charge in [0.25, 0.3) is 0 Å². The number of aryl methyl sites for hydroxylation is 1. The van der Waals surface area contributed by atoms with E-state index < -0.39 is 0 Å². The van der Waals surface area contributed by atoms with Gasteiger partial charge < -0.3 is 10.3 Å². The van der Waals surface area contributed by atoms with Gasteiger partial charge >= 0.3 is 0 Å². The van der Waals surface area contributed by atoms with Gasteiger partial charge in [-0.3, -0.25) is 4.40 Å². The Kier molecular flexibility index (Phi) is 3.37. The van der Waals surface area contributed by atoms with Gasteiger partial charge in [-0.15, -0.1) is 0 Å². The lowest BCUT2D eigenvalue weighted by molar-refractivity contribution is 0.461. The van der Waals surface area contributed by atoms with E-state index in [0.717, 1.165) is 22.9 Å². The molecule has 3 aromatic heterocycles. The summed E-state index contributed by atoms with van der Waals surface area (Å²) in [7, 11) is 0. The number of hydrogen-bond acceptors (Lipinski definition) is 2. The molecule has 22 heavy (non-hydrogen) atoms. The van der Waals surface area contributed by atoms with Crippen LogP contribution in [0.3, 0.4) is 0 Å². The van der Waals surface area contributed by atoms with Crippen molar-refractivity contribution in [2.24, 2.45) is 0 Å². The quantitative estimate of drug-likeness (QED) is 0.753. The normalized spacial score (nSPS) is 16.2. The number of anilines is 1. The minimum absolute atomic E-state index is 0.557. The molecule has 4 rings (SSSR count). The van der Waals surface area contributed by atoms with Crippen LogP contribution in [0.15, 0.2) is 36.5 Å². The fraction of sp³-hybridized carbons (Fsp3) is 0.389. The first-order valence-electron chi connectivity index (χ1n) is 8.21. The van der Waals surface area contributed by atoms with Crippen LogP contribution >= 0.6 is 0 Å². The molecule has 1 saturated carbocycles. The molecule has 0 radical (unpaired) electrons. The zero-order valence-electron chi connectivity index (χ0n) is 13.0. The second kappa shape index (κ2) is 5.52. The highest BCUT2D eigenvalue weighted by molar-refractivity contribution is 5.75. The summed E-state index contributed by atoms with van der Waals surface area (Å²) >= 11 is 0. The van der Waals surface area contributed by atoms with E-state index in [4.69, 9.17) is 4.98 Å². The predicted molar refractivity (Wildman–Crippen MR) is 90.2 cm³/mol. The minimum atomic E-state index is 0.557. The zero-order chi connectivity index (χ0) is 14.9. The first-order chi connectivity index (χ1) is 10.8. The minimum Gasteiger partial charge on any atom is -0.367 e. The number of H-pyrrole nitrogens is 1. The Morgan fingerprint density at radius 2 is 2.00 bits per heavy atom. The van der Waals surface area contributed by atoms with E-state index in [9.17, 15) is 0 Å². The SMILES string of the molecule is Cc1cccc2nc(-c3ccc[nH]3)c(NC3CCCCC3)n12. The zero-order valence-corrected chi connectivity index (χ0v) is 13.0. The fourth-order valence-corrected chi connectivity index (χ4v) is 3.49. The molecule has 0 unspecified atom stereocenters. The Labute approximate surface area is 130 Å². The smallest absolute Gasteiger partial charge is 0.140 e. The molecule has 0 amide bonds. The second-order valence-corrected chi connectivity index (χ2v) is 6.23. The lowest BCUT2D eigenvalue weighted by Gasteiger charge is -2.24. The van der Waals surface area contributed by atoms with Crippen molar-refractivity contribution in [3.8, 4) is 11.4 Å². The van der Waals surface area contributed by atoms with Crippen molar-refractivity contribution in [2.45, 2.75) is 45.1 Å².